The Labute approximate surface area is 144 Å². The quantitative estimate of drug-likeness (QED) is 0.631. The summed E-state index contributed by atoms with van der Waals surface area (Å²) in [6.45, 7) is 2.54. The summed E-state index contributed by atoms with van der Waals surface area (Å²) < 4.78 is 11.8. The van der Waals surface area contributed by atoms with Crippen molar-refractivity contribution in [2.45, 2.75) is 38.6 Å². The summed E-state index contributed by atoms with van der Waals surface area (Å²) in [5, 5.41) is 8.91. The van der Waals surface area contributed by atoms with Crippen LogP contribution in [0.5, 0.6) is 0 Å². The van der Waals surface area contributed by atoms with Gasteiger partial charge in [-0.15, -0.1) is 0 Å². The molecule has 5 nitrogen and oxygen atoms in total. The van der Waals surface area contributed by atoms with Crippen LogP contribution in [-0.2, 0) is 20.9 Å². The van der Waals surface area contributed by atoms with Gasteiger partial charge in [0.2, 0.25) is 5.91 Å². The molecule has 0 aromatic heterocycles. The molecule has 1 aromatic rings. The van der Waals surface area contributed by atoms with E-state index >= 15 is 0 Å². The third-order valence-electron chi connectivity index (χ3n) is 3.68. The molecule has 0 heterocycles. The van der Waals surface area contributed by atoms with Gasteiger partial charge in [-0.1, -0.05) is 49.4 Å². The highest BCUT2D eigenvalue weighted by Gasteiger charge is 2.22. The lowest BCUT2D eigenvalue weighted by atomic mass is 10.1. The van der Waals surface area contributed by atoms with Crippen molar-refractivity contribution in [2.75, 3.05) is 27.3 Å². The summed E-state index contributed by atoms with van der Waals surface area (Å²) >= 11 is 0. The zero-order valence-corrected chi connectivity index (χ0v) is 14.9. The molecule has 1 amide bonds. The zero-order chi connectivity index (χ0) is 17.8. The number of likely N-dealkylation sites (N-methyl/N-ethyl adjacent to an activating group) is 1. The maximum absolute atomic E-state index is 11.7. The molecule has 2 atom stereocenters. The van der Waals surface area contributed by atoms with Crippen LogP contribution in [0.2, 0.25) is 0 Å². The fourth-order valence-electron chi connectivity index (χ4n) is 2.21. The molecule has 1 N–H and O–H groups in total. The van der Waals surface area contributed by atoms with Crippen LogP contribution in [0, 0.1) is 0 Å². The Bertz CT molecular complexity index is 487. The average Bonchev–Trinajstić information content (AvgIpc) is 2.60. The minimum absolute atomic E-state index is 0.00215. The first-order valence-electron chi connectivity index (χ1n) is 8.31. The lowest BCUT2D eigenvalue weighted by molar-refractivity contribution is -0.140. The Kier molecular flexibility index (Phi) is 10.00. The summed E-state index contributed by atoms with van der Waals surface area (Å²) in [5.74, 6) is -0.0684. The molecule has 0 bridgehead atoms. The number of carbonyl (C=O) groups is 1. The first kappa shape index (κ1) is 20.4. The van der Waals surface area contributed by atoms with Crippen LogP contribution in [0.15, 0.2) is 42.5 Å². The van der Waals surface area contributed by atoms with Crippen LogP contribution in [-0.4, -0.2) is 55.4 Å². The Morgan fingerprint density at radius 3 is 2.46 bits per heavy atom. The van der Waals surface area contributed by atoms with Crippen LogP contribution in [0.25, 0.3) is 0 Å². The van der Waals surface area contributed by atoms with E-state index in [2.05, 4.69) is 0 Å². The number of benzene rings is 1. The fourth-order valence-corrected chi connectivity index (χ4v) is 2.21. The van der Waals surface area contributed by atoms with Crippen molar-refractivity contribution in [3.05, 3.63) is 48.0 Å². The van der Waals surface area contributed by atoms with Crippen LogP contribution in [0.3, 0.4) is 0 Å². The van der Waals surface area contributed by atoms with Gasteiger partial charge in [-0.2, -0.15) is 0 Å². The fraction of sp³-hybridized carbons (Fsp3) is 0.526. The predicted octanol–water partition coefficient (Wildman–Crippen LogP) is 2.39. The minimum atomic E-state index is -0.180. The van der Waals surface area contributed by atoms with Crippen molar-refractivity contribution in [2.24, 2.45) is 0 Å². The van der Waals surface area contributed by atoms with Gasteiger partial charge in [-0.05, 0) is 18.4 Å². The molecule has 1 aromatic carbocycles. The summed E-state index contributed by atoms with van der Waals surface area (Å²) in [7, 11) is 3.42. The largest absolute Gasteiger partial charge is 0.392 e. The van der Waals surface area contributed by atoms with E-state index in [0.29, 0.717) is 13.0 Å². The Morgan fingerprint density at radius 1 is 1.17 bits per heavy atom. The van der Waals surface area contributed by atoms with Crippen LogP contribution < -0.4 is 0 Å². The smallest absolute Gasteiger partial charge is 0.248 e. The van der Waals surface area contributed by atoms with Gasteiger partial charge in [0, 0.05) is 14.1 Å². The van der Waals surface area contributed by atoms with Gasteiger partial charge >= 0.3 is 0 Å². The number of aliphatic hydroxyl groups excluding tert-OH is 1. The van der Waals surface area contributed by atoms with Gasteiger partial charge in [0.1, 0.15) is 6.61 Å². The summed E-state index contributed by atoms with van der Waals surface area (Å²) in [6, 6.07) is 9.94. The van der Waals surface area contributed by atoms with Crippen molar-refractivity contribution >= 4 is 5.91 Å². The first-order chi connectivity index (χ1) is 11.6. The highest BCUT2D eigenvalue weighted by molar-refractivity contribution is 5.76. The normalized spacial score (nSPS) is 13.8. The number of carbonyl (C=O) groups excluding carboxylic acids is 1. The van der Waals surface area contributed by atoms with E-state index in [1.54, 1.807) is 20.2 Å². The molecule has 0 radical (unpaired) electrons. The van der Waals surface area contributed by atoms with E-state index < -0.39 is 0 Å². The lowest BCUT2D eigenvalue weighted by Crippen LogP contribution is -2.35. The second-order valence-corrected chi connectivity index (χ2v) is 5.77. The van der Waals surface area contributed by atoms with Gasteiger partial charge < -0.3 is 19.5 Å². The Balaban J connectivity index is 2.65. The van der Waals surface area contributed by atoms with Crippen molar-refractivity contribution in [3.63, 3.8) is 0 Å². The summed E-state index contributed by atoms with van der Waals surface area (Å²) in [6.07, 6.45) is 4.59. The number of nitrogens with zero attached hydrogens (tertiary/aromatic N) is 1. The van der Waals surface area contributed by atoms with E-state index in [9.17, 15) is 4.79 Å². The molecule has 0 unspecified atom stereocenters. The van der Waals surface area contributed by atoms with Crippen LogP contribution >= 0.6 is 0 Å². The molecule has 0 aliphatic rings. The number of rotatable bonds is 11. The maximum atomic E-state index is 11.7. The zero-order valence-electron chi connectivity index (χ0n) is 14.9. The van der Waals surface area contributed by atoms with Gasteiger partial charge in [0.25, 0.3) is 0 Å². The van der Waals surface area contributed by atoms with Crippen molar-refractivity contribution in [3.8, 4) is 0 Å². The van der Waals surface area contributed by atoms with E-state index in [1.165, 1.54) is 4.90 Å². The van der Waals surface area contributed by atoms with Crippen molar-refractivity contribution < 1.29 is 19.4 Å². The topological polar surface area (TPSA) is 59.0 Å². The Hall–Kier alpha value is -1.69. The molecule has 5 heteroatoms. The predicted molar refractivity (Wildman–Crippen MR) is 94.6 cm³/mol. The van der Waals surface area contributed by atoms with E-state index in [0.717, 1.165) is 12.0 Å². The molecule has 0 saturated heterocycles. The molecule has 134 valence electrons. The van der Waals surface area contributed by atoms with Crippen LogP contribution in [0.1, 0.15) is 25.3 Å². The molecule has 0 saturated carbocycles. The SMILES string of the molecule is CC[C@@H](OCC(=O)N(C)C)[C@@H](C/C=C\CO)OCc1ccccc1. The monoisotopic (exact) mass is 335 g/mol. The molecule has 1 rings (SSSR count). The number of aliphatic hydroxyl groups is 1. The molecule has 0 spiro atoms. The third-order valence-corrected chi connectivity index (χ3v) is 3.68. The Morgan fingerprint density at radius 2 is 1.88 bits per heavy atom. The van der Waals surface area contributed by atoms with Gasteiger partial charge in [0.15, 0.2) is 0 Å². The maximum Gasteiger partial charge on any atom is 0.248 e. The van der Waals surface area contributed by atoms with E-state index in [-0.39, 0.29) is 31.3 Å². The van der Waals surface area contributed by atoms with Gasteiger partial charge in [-0.3, -0.25) is 4.79 Å². The molecular formula is C19H29NO4. The molecule has 0 aliphatic heterocycles. The first-order valence-corrected chi connectivity index (χ1v) is 8.31. The number of ether oxygens (including phenoxy) is 2. The third kappa shape index (κ3) is 7.73. The highest BCUT2D eigenvalue weighted by Crippen LogP contribution is 2.16. The number of amides is 1. The summed E-state index contributed by atoms with van der Waals surface area (Å²) in [5.41, 5.74) is 1.09. The number of hydrogen-bond acceptors (Lipinski definition) is 4. The van der Waals surface area contributed by atoms with Crippen molar-refractivity contribution in [1.82, 2.24) is 4.90 Å². The summed E-state index contributed by atoms with van der Waals surface area (Å²) in [4.78, 5) is 13.3. The van der Waals surface area contributed by atoms with E-state index in [1.807, 2.05) is 43.3 Å². The second kappa shape index (κ2) is 11.8. The lowest BCUT2D eigenvalue weighted by Gasteiger charge is -2.26. The second-order valence-electron chi connectivity index (χ2n) is 5.77. The standard InChI is InChI=1S/C19H29NO4/c1-4-17(24-15-19(22)20(2)3)18(12-8-9-13-21)23-14-16-10-6-5-7-11-16/h5-11,17-18,21H,4,12-15H2,1-3H3/b9-8-/t17-,18-/m1/s1. The molecular weight excluding hydrogens is 306 g/mol. The molecule has 0 aliphatic carbocycles. The number of hydrogen-bond donors (Lipinski definition) is 1. The van der Waals surface area contributed by atoms with Gasteiger partial charge in [-0.25, -0.2) is 0 Å². The van der Waals surface area contributed by atoms with Crippen molar-refractivity contribution in [1.29, 1.82) is 0 Å². The average molecular weight is 335 g/mol. The van der Waals surface area contributed by atoms with Crippen LogP contribution in [0.4, 0.5) is 0 Å². The van der Waals surface area contributed by atoms with Gasteiger partial charge in [0.05, 0.1) is 25.4 Å². The minimum Gasteiger partial charge on any atom is -0.392 e. The van der Waals surface area contributed by atoms with E-state index in [4.69, 9.17) is 14.6 Å². The highest BCUT2D eigenvalue weighted by atomic mass is 16.5. The molecule has 24 heavy (non-hydrogen) atoms. The molecule has 0 fully saturated rings.